The van der Waals surface area contributed by atoms with Gasteiger partial charge in [-0.05, 0) is 12.8 Å². The van der Waals surface area contributed by atoms with Crippen molar-refractivity contribution in [3.63, 3.8) is 0 Å². The smallest absolute Gasteiger partial charge is 0.274 e. The van der Waals surface area contributed by atoms with Crippen LogP contribution in [-0.2, 0) is 21.4 Å². The Bertz CT molecular complexity index is 745. The molecule has 24 heavy (non-hydrogen) atoms. The molecular weight excluding hydrogens is 336 g/mol. The molecule has 0 radical (unpaired) electrons. The highest BCUT2D eigenvalue weighted by Gasteiger charge is 2.36. The summed E-state index contributed by atoms with van der Waals surface area (Å²) >= 11 is 0. The zero-order valence-corrected chi connectivity index (χ0v) is 13.8. The minimum absolute atomic E-state index is 0.0953. The summed E-state index contributed by atoms with van der Waals surface area (Å²) in [5, 5.41) is 17.4. The van der Waals surface area contributed by atoms with Crippen molar-refractivity contribution in [1.29, 1.82) is 0 Å². The molecule has 3 rings (SSSR count). The highest BCUT2D eigenvalue weighted by Crippen LogP contribution is 2.35. The zero-order chi connectivity index (χ0) is 17.4. The fourth-order valence-electron chi connectivity index (χ4n) is 3.12. The number of fused-ring (bicyclic) bond motifs is 1. The number of aliphatic hydroxyl groups excluding tert-OH is 1. The SMILES string of the molecule is NS(=O)(=O)NCC1(CO)CCN(c2ncnc3c2CC(=O)N3)CC1. The van der Waals surface area contributed by atoms with Gasteiger partial charge < -0.3 is 15.3 Å². The summed E-state index contributed by atoms with van der Waals surface area (Å²) in [5.74, 6) is 1.15. The molecule has 5 N–H and O–H groups in total. The van der Waals surface area contributed by atoms with Crippen LogP contribution >= 0.6 is 0 Å². The van der Waals surface area contributed by atoms with Crippen LogP contribution in [-0.4, -0.2) is 55.6 Å². The fraction of sp³-hybridized carbons (Fsp3) is 0.615. The van der Waals surface area contributed by atoms with E-state index in [1.807, 2.05) is 4.90 Å². The first-order chi connectivity index (χ1) is 11.3. The van der Waals surface area contributed by atoms with Crippen LogP contribution in [0, 0.1) is 5.41 Å². The van der Waals surface area contributed by atoms with Gasteiger partial charge in [-0.2, -0.15) is 8.42 Å². The van der Waals surface area contributed by atoms with Gasteiger partial charge >= 0.3 is 0 Å². The molecule has 132 valence electrons. The predicted molar refractivity (Wildman–Crippen MR) is 86.4 cm³/mol. The molecule has 2 aliphatic heterocycles. The highest BCUT2D eigenvalue weighted by atomic mass is 32.2. The van der Waals surface area contributed by atoms with E-state index in [1.54, 1.807) is 0 Å². The van der Waals surface area contributed by atoms with Crippen LogP contribution in [0.4, 0.5) is 11.6 Å². The largest absolute Gasteiger partial charge is 0.396 e. The van der Waals surface area contributed by atoms with E-state index < -0.39 is 15.6 Å². The van der Waals surface area contributed by atoms with Gasteiger partial charge in [0.25, 0.3) is 10.2 Å². The number of nitrogens with one attached hydrogen (secondary N) is 2. The average molecular weight is 356 g/mol. The van der Waals surface area contributed by atoms with Crippen LogP contribution in [0.15, 0.2) is 6.33 Å². The molecule has 2 aliphatic rings. The van der Waals surface area contributed by atoms with Crippen LogP contribution < -0.4 is 20.1 Å². The molecule has 0 aromatic carbocycles. The quantitative estimate of drug-likeness (QED) is 0.493. The van der Waals surface area contributed by atoms with Crippen molar-refractivity contribution in [3.05, 3.63) is 11.9 Å². The number of anilines is 2. The molecule has 0 bridgehead atoms. The van der Waals surface area contributed by atoms with Gasteiger partial charge in [-0.25, -0.2) is 19.8 Å². The number of amides is 1. The van der Waals surface area contributed by atoms with Crippen LogP contribution in [0.2, 0.25) is 0 Å². The van der Waals surface area contributed by atoms with E-state index in [4.69, 9.17) is 5.14 Å². The molecule has 1 amide bonds. The number of carbonyl (C=O) groups excluding carboxylic acids is 1. The predicted octanol–water partition coefficient (Wildman–Crippen LogP) is -1.66. The van der Waals surface area contributed by atoms with Gasteiger partial charge in [0.15, 0.2) is 0 Å². The van der Waals surface area contributed by atoms with Crippen LogP contribution in [0.3, 0.4) is 0 Å². The molecule has 11 heteroatoms. The van der Waals surface area contributed by atoms with Gasteiger partial charge in [-0.1, -0.05) is 0 Å². The van der Waals surface area contributed by atoms with Crippen molar-refractivity contribution in [2.24, 2.45) is 10.6 Å². The first kappa shape index (κ1) is 17.0. The van der Waals surface area contributed by atoms with Crippen molar-refractivity contribution in [2.45, 2.75) is 19.3 Å². The summed E-state index contributed by atoms with van der Waals surface area (Å²) in [6, 6.07) is 0. The number of rotatable bonds is 5. The van der Waals surface area contributed by atoms with Crippen LogP contribution in [0.1, 0.15) is 18.4 Å². The van der Waals surface area contributed by atoms with Gasteiger partial charge in [0.2, 0.25) is 5.91 Å². The monoisotopic (exact) mass is 356 g/mol. The summed E-state index contributed by atoms with van der Waals surface area (Å²) in [6.45, 7) is 1.14. The maximum Gasteiger partial charge on any atom is 0.274 e. The van der Waals surface area contributed by atoms with Crippen molar-refractivity contribution in [3.8, 4) is 0 Å². The number of nitrogens with two attached hydrogens (primary N) is 1. The van der Waals surface area contributed by atoms with E-state index in [0.717, 1.165) is 5.56 Å². The van der Waals surface area contributed by atoms with Gasteiger partial charge in [0, 0.05) is 30.6 Å². The van der Waals surface area contributed by atoms with Crippen LogP contribution in [0.5, 0.6) is 0 Å². The Morgan fingerprint density at radius 1 is 1.38 bits per heavy atom. The molecule has 10 nitrogen and oxygen atoms in total. The lowest BCUT2D eigenvalue weighted by molar-refractivity contribution is -0.115. The van der Waals surface area contributed by atoms with Crippen molar-refractivity contribution >= 4 is 27.8 Å². The Morgan fingerprint density at radius 2 is 2.08 bits per heavy atom. The zero-order valence-electron chi connectivity index (χ0n) is 13.0. The second-order valence-electron chi connectivity index (χ2n) is 6.26. The molecule has 0 unspecified atom stereocenters. The lowest BCUT2D eigenvalue weighted by atomic mass is 9.79. The molecule has 0 spiro atoms. The number of nitrogens with zero attached hydrogens (tertiary/aromatic N) is 3. The Morgan fingerprint density at radius 3 is 2.71 bits per heavy atom. The number of hydrogen-bond acceptors (Lipinski definition) is 7. The van der Waals surface area contributed by atoms with Gasteiger partial charge in [-0.15, -0.1) is 0 Å². The summed E-state index contributed by atoms with van der Waals surface area (Å²) < 4.78 is 24.5. The summed E-state index contributed by atoms with van der Waals surface area (Å²) in [6.07, 6.45) is 2.81. The minimum Gasteiger partial charge on any atom is -0.396 e. The number of hydrogen-bond donors (Lipinski definition) is 4. The van der Waals surface area contributed by atoms with Gasteiger partial charge in [-0.3, -0.25) is 4.79 Å². The number of aliphatic hydroxyl groups is 1. The van der Waals surface area contributed by atoms with E-state index in [1.165, 1.54) is 6.33 Å². The van der Waals surface area contributed by atoms with E-state index in [-0.39, 0.29) is 25.5 Å². The fourth-order valence-corrected chi connectivity index (χ4v) is 3.63. The summed E-state index contributed by atoms with van der Waals surface area (Å²) in [5.41, 5.74) is 0.231. The standard InChI is InChI=1S/C13H20N6O4S/c14-24(22,23)17-6-13(7-20)1-3-19(4-2-13)12-9-5-10(21)18-11(9)15-8-16-12/h8,17,20H,1-7H2,(H2,14,22,23)(H,15,16,18,21). The van der Waals surface area contributed by atoms with Crippen molar-refractivity contribution in [2.75, 3.05) is 36.5 Å². The molecule has 1 aromatic heterocycles. The Hall–Kier alpha value is -1.82. The number of piperidine rings is 1. The third-order valence-corrected chi connectivity index (χ3v) is 5.17. The molecule has 1 saturated heterocycles. The van der Waals surface area contributed by atoms with E-state index >= 15 is 0 Å². The van der Waals surface area contributed by atoms with E-state index in [9.17, 15) is 18.3 Å². The second kappa shape index (κ2) is 6.24. The van der Waals surface area contributed by atoms with Crippen LogP contribution in [0.25, 0.3) is 0 Å². The molecule has 0 atom stereocenters. The second-order valence-corrected chi connectivity index (χ2v) is 7.64. The first-order valence-electron chi connectivity index (χ1n) is 7.59. The number of carbonyl (C=O) groups is 1. The maximum absolute atomic E-state index is 11.6. The van der Waals surface area contributed by atoms with E-state index in [2.05, 4.69) is 20.0 Å². The Balaban J connectivity index is 1.71. The third-order valence-electron chi connectivity index (χ3n) is 4.63. The molecule has 1 aromatic rings. The molecule has 3 heterocycles. The van der Waals surface area contributed by atoms with E-state index in [0.29, 0.717) is 37.6 Å². The molecule has 0 saturated carbocycles. The highest BCUT2D eigenvalue weighted by molar-refractivity contribution is 7.87. The summed E-state index contributed by atoms with van der Waals surface area (Å²) in [4.78, 5) is 22.0. The lowest BCUT2D eigenvalue weighted by Gasteiger charge is -2.41. The average Bonchev–Trinajstić information content (AvgIpc) is 2.93. The normalized spacial score (nSPS) is 19.9. The topological polar surface area (TPSA) is 151 Å². The van der Waals surface area contributed by atoms with Crippen molar-refractivity contribution in [1.82, 2.24) is 14.7 Å². The minimum atomic E-state index is -3.79. The van der Waals surface area contributed by atoms with Gasteiger partial charge in [0.05, 0.1) is 13.0 Å². The van der Waals surface area contributed by atoms with Crippen molar-refractivity contribution < 1.29 is 18.3 Å². The number of aromatic nitrogens is 2. The first-order valence-corrected chi connectivity index (χ1v) is 9.13. The third kappa shape index (κ3) is 3.48. The molecule has 0 aliphatic carbocycles. The summed E-state index contributed by atoms with van der Waals surface area (Å²) in [7, 11) is -3.79. The lowest BCUT2D eigenvalue weighted by Crippen LogP contribution is -2.49. The maximum atomic E-state index is 11.6. The van der Waals surface area contributed by atoms with Gasteiger partial charge in [0.1, 0.15) is 18.0 Å². The Labute approximate surface area is 139 Å². The molecule has 1 fully saturated rings. The Kier molecular flexibility index (Phi) is 4.42. The molecular formula is C13H20N6O4S.